The number of rotatable bonds is 7. The van der Waals surface area contributed by atoms with Gasteiger partial charge in [-0.05, 0) is 51.4 Å². The summed E-state index contributed by atoms with van der Waals surface area (Å²) >= 11 is 0. The van der Waals surface area contributed by atoms with Crippen LogP contribution in [0.3, 0.4) is 0 Å². The molecule has 3 N–H and O–H groups in total. The third kappa shape index (κ3) is 5.84. The molecule has 0 spiro atoms. The average Bonchev–Trinajstić information content (AvgIpc) is 3.32. The van der Waals surface area contributed by atoms with Crippen LogP contribution >= 0.6 is 0 Å². The van der Waals surface area contributed by atoms with Gasteiger partial charge in [0.25, 0.3) is 0 Å². The van der Waals surface area contributed by atoms with E-state index in [2.05, 4.69) is 20.8 Å². The first-order valence-electron chi connectivity index (χ1n) is 12.5. The Morgan fingerprint density at radius 3 is 2.60 bits per heavy atom. The van der Waals surface area contributed by atoms with Crippen LogP contribution in [0.5, 0.6) is 0 Å². The fraction of sp³-hybridized carbons (Fsp3) is 0.296. The van der Waals surface area contributed by atoms with Crippen molar-refractivity contribution in [1.29, 1.82) is 5.26 Å². The summed E-state index contributed by atoms with van der Waals surface area (Å²) in [4.78, 5) is 42.3. The maximum absolute atomic E-state index is 13.6. The van der Waals surface area contributed by atoms with Crippen LogP contribution < -0.4 is 21.2 Å². The number of aromatic nitrogens is 3. The number of fused-ring (bicyclic) bond motifs is 1. The molecule has 220 valence electrons. The van der Waals surface area contributed by atoms with Crippen LogP contribution in [0.2, 0.25) is 0 Å². The van der Waals surface area contributed by atoms with E-state index in [0.717, 1.165) is 23.8 Å². The highest BCUT2D eigenvalue weighted by molar-refractivity contribution is 5.95. The first kappa shape index (κ1) is 29.9. The Balaban J connectivity index is 1.91. The van der Waals surface area contributed by atoms with Gasteiger partial charge in [-0.15, -0.1) is 5.10 Å². The number of methoxy groups -OCH3 is 1. The number of amides is 2. The molecule has 2 aromatic carbocycles. The van der Waals surface area contributed by atoms with E-state index in [9.17, 15) is 32.8 Å². The van der Waals surface area contributed by atoms with Crippen molar-refractivity contribution in [3.05, 3.63) is 80.9 Å². The highest BCUT2D eigenvalue weighted by Crippen LogP contribution is 2.44. The Morgan fingerprint density at radius 2 is 1.95 bits per heavy atom. The SMILES string of the molecule is COC(=O)C1=C(C)N(c2cccc(C(F)(F)F)c2)c2n[nH]c(=O)n2C1c1ccc(C#N)cc1NC(=O)NCCN(C)C. The number of carbonyl (C=O) groups excluding carboxylic acids is 2. The second-order valence-corrected chi connectivity index (χ2v) is 9.57. The van der Waals surface area contributed by atoms with Crippen LogP contribution in [0.15, 0.2) is 58.5 Å². The van der Waals surface area contributed by atoms with E-state index in [1.807, 2.05) is 25.1 Å². The minimum absolute atomic E-state index is 0.0131. The quantitative estimate of drug-likeness (QED) is 0.358. The number of anilines is 3. The first-order valence-corrected chi connectivity index (χ1v) is 12.5. The zero-order valence-corrected chi connectivity index (χ0v) is 23.0. The van der Waals surface area contributed by atoms with Crippen molar-refractivity contribution in [2.24, 2.45) is 0 Å². The van der Waals surface area contributed by atoms with Gasteiger partial charge in [-0.25, -0.2) is 24.0 Å². The molecule has 4 rings (SSSR count). The summed E-state index contributed by atoms with van der Waals surface area (Å²) in [5.41, 5.74) is -1.20. The highest BCUT2D eigenvalue weighted by atomic mass is 19.4. The van der Waals surface area contributed by atoms with Crippen LogP contribution in [0.25, 0.3) is 0 Å². The summed E-state index contributed by atoms with van der Waals surface area (Å²) in [5, 5.41) is 21.2. The van der Waals surface area contributed by atoms with Crippen molar-refractivity contribution in [2.75, 3.05) is 44.5 Å². The van der Waals surface area contributed by atoms with E-state index >= 15 is 0 Å². The van der Waals surface area contributed by atoms with Gasteiger partial charge in [0, 0.05) is 35.7 Å². The lowest BCUT2D eigenvalue weighted by atomic mass is 9.92. The van der Waals surface area contributed by atoms with Gasteiger partial charge in [0.05, 0.1) is 29.9 Å². The van der Waals surface area contributed by atoms with Crippen LogP contribution in [-0.4, -0.2) is 66.0 Å². The van der Waals surface area contributed by atoms with Crippen LogP contribution in [0, 0.1) is 11.3 Å². The third-order valence-electron chi connectivity index (χ3n) is 6.55. The molecule has 0 saturated carbocycles. The molecule has 15 heteroatoms. The van der Waals surface area contributed by atoms with Crippen LogP contribution in [0.1, 0.15) is 29.7 Å². The van der Waals surface area contributed by atoms with Crippen molar-refractivity contribution >= 4 is 29.3 Å². The van der Waals surface area contributed by atoms with E-state index in [-0.39, 0.29) is 39.7 Å². The Hall–Kier alpha value is -5.10. The van der Waals surface area contributed by atoms with Gasteiger partial charge in [0.1, 0.15) is 6.04 Å². The largest absolute Gasteiger partial charge is 0.466 e. The van der Waals surface area contributed by atoms with Crippen molar-refractivity contribution in [1.82, 2.24) is 25.0 Å². The second kappa shape index (κ2) is 11.8. The number of urea groups is 1. The Morgan fingerprint density at radius 1 is 1.21 bits per heavy atom. The third-order valence-corrected chi connectivity index (χ3v) is 6.55. The summed E-state index contributed by atoms with van der Waals surface area (Å²) in [7, 11) is 4.80. The van der Waals surface area contributed by atoms with Crippen molar-refractivity contribution in [3.8, 4) is 6.07 Å². The molecule has 3 aromatic rings. The van der Waals surface area contributed by atoms with E-state index in [4.69, 9.17) is 4.74 Å². The molecule has 1 atom stereocenters. The Labute approximate surface area is 238 Å². The number of halogens is 3. The molecule has 42 heavy (non-hydrogen) atoms. The Bertz CT molecular complexity index is 1650. The minimum Gasteiger partial charge on any atom is -0.466 e. The fourth-order valence-corrected chi connectivity index (χ4v) is 4.61. The van der Waals surface area contributed by atoms with Crippen LogP contribution in [0.4, 0.5) is 35.3 Å². The second-order valence-electron chi connectivity index (χ2n) is 9.57. The number of carbonyl (C=O) groups is 2. The number of likely N-dealkylation sites (N-methyl/N-ethyl adjacent to an activating group) is 1. The van der Waals surface area contributed by atoms with Crippen LogP contribution in [-0.2, 0) is 15.7 Å². The lowest BCUT2D eigenvalue weighted by molar-refractivity contribution is -0.138. The van der Waals surface area contributed by atoms with E-state index in [1.54, 1.807) is 0 Å². The maximum atomic E-state index is 13.6. The number of aromatic amines is 1. The number of allylic oxidation sites excluding steroid dienone is 1. The van der Waals surface area contributed by atoms with Gasteiger partial charge in [-0.1, -0.05) is 12.1 Å². The summed E-state index contributed by atoms with van der Waals surface area (Å²) in [6, 6.07) is 8.78. The van der Waals surface area contributed by atoms with Gasteiger partial charge >= 0.3 is 23.9 Å². The number of nitriles is 1. The van der Waals surface area contributed by atoms with Gasteiger partial charge in [0.15, 0.2) is 0 Å². The molecule has 0 radical (unpaired) electrons. The normalized spacial score (nSPS) is 14.8. The number of benzene rings is 2. The molecular formula is C27H27F3N8O4. The van der Waals surface area contributed by atoms with Crippen molar-refractivity contribution in [2.45, 2.75) is 19.1 Å². The molecule has 1 aliphatic heterocycles. The highest BCUT2D eigenvalue weighted by Gasteiger charge is 2.41. The lowest BCUT2D eigenvalue weighted by Gasteiger charge is -2.36. The zero-order valence-electron chi connectivity index (χ0n) is 23.0. The van der Waals surface area contributed by atoms with E-state index in [1.165, 1.54) is 42.2 Å². The molecule has 1 unspecified atom stereocenters. The lowest BCUT2D eigenvalue weighted by Crippen LogP contribution is -2.38. The van der Waals surface area contributed by atoms with E-state index in [0.29, 0.717) is 13.1 Å². The molecule has 12 nitrogen and oxygen atoms in total. The number of hydrogen-bond donors (Lipinski definition) is 3. The fourth-order valence-electron chi connectivity index (χ4n) is 4.61. The number of nitrogens with zero attached hydrogens (tertiary/aromatic N) is 5. The number of alkyl halides is 3. The first-order chi connectivity index (χ1) is 19.9. The number of H-pyrrole nitrogens is 1. The van der Waals surface area contributed by atoms with Crippen molar-refractivity contribution < 1.29 is 27.5 Å². The number of ether oxygens (including phenoxy) is 1. The van der Waals surface area contributed by atoms with Gasteiger partial charge in [-0.3, -0.25) is 4.90 Å². The summed E-state index contributed by atoms with van der Waals surface area (Å²) in [5.74, 6) is -0.987. The maximum Gasteiger partial charge on any atom is 0.416 e. The van der Waals surface area contributed by atoms with Gasteiger partial charge in [0.2, 0.25) is 5.95 Å². The molecule has 2 heterocycles. The molecular weight excluding hydrogens is 557 g/mol. The number of esters is 1. The smallest absolute Gasteiger partial charge is 0.416 e. The molecule has 1 aliphatic rings. The zero-order chi connectivity index (χ0) is 30.8. The standard InChI is InChI=1S/C27H27F3N8O4/c1-15-21(23(39)42-4)22(19-9-8-16(14-31)12-20(19)33-24(40)32-10-11-36(2)3)38-25(34-35-26(38)41)37(15)18-7-5-6-17(13-18)27(28,29)30/h5-9,12-13,22H,10-11H2,1-4H3,(H,35,41)(H2,32,33,40). The van der Waals surface area contributed by atoms with E-state index < -0.39 is 35.5 Å². The molecule has 0 fully saturated rings. The number of hydrogen-bond acceptors (Lipinski definition) is 8. The molecule has 0 bridgehead atoms. The number of nitrogens with one attached hydrogen (secondary N) is 3. The molecule has 0 saturated heterocycles. The minimum atomic E-state index is -4.65. The van der Waals surface area contributed by atoms with Gasteiger partial charge < -0.3 is 20.3 Å². The predicted molar refractivity (Wildman–Crippen MR) is 146 cm³/mol. The summed E-state index contributed by atoms with van der Waals surface area (Å²) in [6.07, 6.45) is -4.65. The van der Waals surface area contributed by atoms with Crippen molar-refractivity contribution in [3.63, 3.8) is 0 Å². The average molecular weight is 585 g/mol. The monoisotopic (exact) mass is 584 g/mol. The molecule has 2 amide bonds. The summed E-state index contributed by atoms with van der Waals surface area (Å²) in [6.45, 7) is 2.33. The molecule has 0 aliphatic carbocycles. The molecule has 1 aromatic heterocycles. The topological polar surface area (TPSA) is 148 Å². The Kier molecular flexibility index (Phi) is 8.39. The summed E-state index contributed by atoms with van der Waals surface area (Å²) < 4.78 is 46.8. The van der Waals surface area contributed by atoms with Gasteiger partial charge in [-0.2, -0.15) is 18.4 Å². The predicted octanol–water partition coefficient (Wildman–Crippen LogP) is 3.33.